The summed E-state index contributed by atoms with van der Waals surface area (Å²) in [6.07, 6.45) is 1.85. The summed E-state index contributed by atoms with van der Waals surface area (Å²) in [5, 5.41) is 2.50. The third-order valence-electron chi connectivity index (χ3n) is 4.23. The van der Waals surface area contributed by atoms with Crippen LogP contribution in [0, 0.1) is 6.92 Å². The third kappa shape index (κ3) is 2.51. The first-order chi connectivity index (χ1) is 11.3. The van der Waals surface area contributed by atoms with E-state index < -0.39 is 0 Å². The molecular formula is C22H17N. The van der Waals surface area contributed by atoms with Gasteiger partial charge in [0.15, 0.2) is 0 Å². The molecule has 0 saturated carbocycles. The van der Waals surface area contributed by atoms with E-state index in [1.54, 1.807) is 0 Å². The van der Waals surface area contributed by atoms with E-state index in [4.69, 9.17) is 0 Å². The van der Waals surface area contributed by atoms with Crippen LogP contribution in [0.2, 0.25) is 0 Å². The second kappa shape index (κ2) is 5.69. The van der Waals surface area contributed by atoms with Gasteiger partial charge in [-0.25, -0.2) is 0 Å². The lowest BCUT2D eigenvalue weighted by Gasteiger charge is -2.11. The SMILES string of the molecule is Cc1ccc(-c2ccc(-c3ccccn3)c3ccccc23)cc1. The van der Waals surface area contributed by atoms with Gasteiger partial charge in [-0.05, 0) is 41.0 Å². The maximum absolute atomic E-state index is 4.51. The maximum Gasteiger partial charge on any atom is 0.0708 e. The Morgan fingerprint density at radius 1 is 0.609 bits per heavy atom. The number of nitrogens with zero attached hydrogens (tertiary/aromatic N) is 1. The molecule has 110 valence electrons. The molecule has 0 aliphatic heterocycles. The van der Waals surface area contributed by atoms with Gasteiger partial charge in [0.1, 0.15) is 0 Å². The molecular weight excluding hydrogens is 278 g/mol. The van der Waals surface area contributed by atoms with E-state index in [2.05, 4.69) is 78.6 Å². The van der Waals surface area contributed by atoms with Crippen molar-refractivity contribution in [2.45, 2.75) is 6.92 Å². The van der Waals surface area contributed by atoms with Gasteiger partial charge in [0, 0.05) is 11.8 Å². The van der Waals surface area contributed by atoms with E-state index in [0.717, 1.165) is 5.69 Å². The first kappa shape index (κ1) is 13.7. The van der Waals surface area contributed by atoms with Crippen LogP contribution in [0.4, 0.5) is 0 Å². The first-order valence-electron chi connectivity index (χ1n) is 7.83. The fourth-order valence-corrected chi connectivity index (χ4v) is 3.03. The number of hydrogen-bond acceptors (Lipinski definition) is 1. The summed E-state index contributed by atoms with van der Waals surface area (Å²) in [7, 11) is 0. The monoisotopic (exact) mass is 295 g/mol. The summed E-state index contributed by atoms with van der Waals surface area (Å²) in [6.45, 7) is 2.12. The molecule has 3 aromatic carbocycles. The number of fused-ring (bicyclic) bond motifs is 1. The van der Waals surface area contributed by atoms with Crippen LogP contribution in [0.15, 0.2) is 85.1 Å². The number of rotatable bonds is 2. The predicted octanol–water partition coefficient (Wildman–Crippen LogP) is 5.88. The molecule has 0 unspecified atom stereocenters. The number of aryl methyl sites for hydroxylation is 1. The van der Waals surface area contributed by atoms with E-state index in [1.807, 2.05) is 18.3 Å². The van der Waals surface area contributed by atoms with Crippen molar-refractivity contribution in [1.29, 1.82) is 0 Å². The summed E-state index contributed by atoms with van der Waals surface area (Å²) in [5.41, 5.74) is 5.99. The molecule has 0 N–H and O–H groups in total. The number of hydrogen-bond donors (Lipinski definition) is 0. The van der Waals surface area contributed by atoms with E-state index in [9.17, 15) is 0 Å². The van der Waals surface area contributed by atoms with Crippen LogP contribution in [0.25, 0.3) is 33.2 Å². The number of benzene rings is 3. The zero-order valence-electron chi connectivity index (χ0n) is 13.0. The minimum absolute atomic E-state index is 1.01. The lowest BCUT2D eigenvalue weighted by Crippen LogP contribution is -1.87. The van der Waals surface area contributed by atoms with E-state index >= 15 is 0 Å². The van der Waals surface area contributed by atoms with Crippen LogP contribution >= 0.6 is 0 Å². The molecule has 0 atom stereocenters. The fraction of sp³-hybridized carbons (Fsp3) is 0.0455. The molecule has 0 radical (unpaired) electrons. The van der Waals surface area contributed by atoms with Crippen molar-refractivity contribution in [3.05, 3.63) is 90.6 Å². The highest BCUT2D eigenvalue weighted by atomic mass is 14.7. The van der Waals surface area contributed by atoms with Crippen LogP contribution in [0.3, 0.4) is 0 Å². The molecule has 0 bridgehead atoms. The highest BCUT2D eigenvalue weighted by Gasteiger charge is 2.09. The van der Waals surface area contributed by atoms with Gasteiger partial charge in [-0.15, -0.1) is 0 Å². The molecule has 0 aliphatic rings. The number of aromatic nitrogens is 1. The van der Waals surface area contributed by atoms with Gasteiger partial charge < -0.3 is 0 Å². The average molecular weight is 295 g/mol. The Morgan fingerprint density at radius 2 is 1.26 bits per heavy atom. The molecule has 1 aromatic heterocycles. The quantitative estimate of drug-likeness (QED) is 0.450. The van der Waals surface area contributed by atoms with Crippen molar-refractivity contribution >= 4 is 10.8 Å². The fourth-order valence-electron chi connectivity index (χ4n) is 3.03. The molecule has 0 spiro atoms. The Morgan fingerprint density at radius 3 is 1.96 bits per heavy atom. The van der Waals surface area contributed by atoms with E-state index in [-0.39, 0.29) is 0 Å². The van der Waals surface area contributed by atoms with Crippen LogP contribution in [-0.2, 0) is 0 Å². The van der Waals surface area contributed by atoms with Crippen molar-refractivity contribution in [1.82, 2.24) is 4.98 Å². The summed E-state index contributed by atoms with van der Waals surface area (Å²) >= 11 is 0. The van der Waals surface area contributed by atoms with Gasteiger partial charge in [-0.2, -0.15) is 0 Å². The summed E-state index contributed by atoms with van der Waals surface area (Å²) < 4.78 is 0. The first-order valence-corrected chi connectivity index (χ1v) is 7.83. The van der Waals surface area contributed by atoms with Gasteiger partial charge in [0.05, 0.1) is 5.69 Å². The highest BCUT2D eigenvalue weighted by Crippen LogP contribution is 2.34. The topological polar surface area (TPSA) is 12.9 Å². The van der Waals surface area contributed by atoms with Gasteiger partial charge in [-0.1, -0.05) is 72.3 Å². The zero-order chi connectivity index (χ0) is 15.6. The smallest absolute Gasteiger partial charge is 0.0708 e. The van der Waals surface area contributed by atoms with Gasteiger partial charge >= 0.3 is 0 Å². The zero-order valence-corrected chi connectivity index (χ0v) is 13.0. The summed E-state index contributed by atoms with van der Waals surface area (Å²) in [6, 6.07) is 27.7. The van der Waals surface area contributed by atoms with Gasteiger partial charge in [0.25, 0.3) is 0 Å². The highest BCUT2D eigenvalue weighted by molar-refractivity contribution is 6.04. The van der Waals surface area contributed by atoms with Crippen molar-refractivity contribution in [2.24, 2.45) is 0 Å². The molecule has 23 heavy (non-hydrogen) atoms. The lowest BCUT2D eigenvalue weighted by molar-refractivity contribution is 1.33. The normalized spacial score (nSPS) is 10.8. The van der Waals surface area contributed by atoms with Crippen LogP contribution in [0.1, 0.15) is 5.56 Å². The molecule has 4 aromatic rings. The second-order valence-electron chi connectivity index (χ2n) is 5.79. The largest absolute Gasteiger partial charge is 0.256 e. The minimum Gasteiger partial charge on any atom is -0.256 e. The molecule has 1 nitrogen and oxygen atoms in total. The molecule has 0 amide bonds. The summed E-state index contributed by atoms with van der Waals surface area (Å²) in [5.74, 6) is 0. The summed E-state index contributed by atoms with van der Waals surface area (Å²) in [4.78, 5) is 4.51. The van der Waals surface area contributed by atoms with Gasteiger partial charge in [-0.3, -0.25) is 4.98 Å². The lowest BCUT2D eigenvalue weighted by atomic mass is 9.93. The van der Waals surface area contributed by atoms with Crippen LogP contribution in [-0.4, -0.2) is 4.98 Å². The molecule has 1 heterocycles. The third-order valence-corrected chi connectivity index (χ3v) is 4.23. The molecule has 0 saturated heterocycles. The second-order valence-corrected chi connectivity index (χ2v) is 5.79. The minimum atomic E-state index is 1.01. The molecule has 1 heteroatoms. The van der Waals surface area contributed by atoms with E-state index in [1.165, 1.54) is 33.0 Å². The van der Waals surface area contributed by atoms with Crippen molar-refractivity contribution < 1.29 is 0 Å². The van der Waals surface area contributed by atoms with Crippen molar-refractivity contribution in [3.63, 3.8) is 0 Å². The van der Waals surface area contributed by atoms with Crippen molar-refractivity contribution in [2.75, 3.05) is 0 Å². The van der Waals surface area contributed by atoms with Crippen LogP contribution in [0.5, 0.6) is 0 Å². The van der Waals surface area contributed by atoms with Crippen LogP contribution < -0.4 is 0 Å². The van der Waals surface area contributed by atoms with E-state index in [0.29, 0.717) is 0 Å². The Bertz CT molecular complexity index is 954. The maximum atomic E-state index is 4.51. The molecule has 0 fully saturated rings. The Kier molecular flexibility index (Phi) is 3.39. The molecule has 0 aliphatic carbocycles. The van der Waals surface area contributed by atoms with Gasteiger partial charge in [0.2, 0.25) is 0 Å². The Labute approximate surface area is 136 Å². The predicted molar refractivity (Wildman–Crippen MR) is 97.4 cm³/mol. The number of pyridine rings is 1. The Balaban J connectivity index is 1.97. The Hall–Kier alpha value is -2.93. The standard InChI is InChI=1S/C22H17N/c1-16-9-11-17(12-10-16)18-13-14-21(22-8-4-5-15-23-22)20-7-3-2-6-19(18)20/h2-15H,1H3. The van der Waals surface area contributed by atoms with Crippen molar-refractivity contribution in [3.8, 4) is 22.4 Å². The average Bonchev–Trinajstić information content (AvgIpc) is 2.62. The molecule has 4 rings (SSSR count).